The summed E-state index contributed by atoms with van der Waals surface area (Å²) in [4.78, 5) is 21.9. The number of halogens is 3. The number of benzene rings is 2. The van der Waals surface area contributed by atoms with Crippen LogP contribution in [0.5, 0.6) is 0 Å². The zero-order chi connectivity index (χ0) is 22.7. The van der Waals surface area contributed by atoms with Crippen molar-refractivity contribution in [2.24, 2.45) is 0 Å². The smallest absolute Gasteiger partial charge is 0.381 e. The molecule has 1 aliphatic heterocycles. The number of carbonyl (C=O) groups is 1. The summed E-state index contributed by atoms with van der Waals surface area (Å²) in [6, 6.07) is 8.98. The molecule has 0 radical (unpaired) electrons. The maximum atomic E-state index is 13.0. The molecule has 3 aromatic rings. The van der Waals surface area contributed by atoms with Crippen molar-refractivity contribution < 1.29 is 18.0 Å². The molecule has 0 unspecified atom stereocenters. The zero-order valence-corrected chi connectivity index (χ0v) is 17.2. The predicted molar refractivity (Wildman–Crippen MR) is 116 cm³/mol. The summed E-state index contributed by atoms with van der Waals surface area (Å²) in [6.07, 6.45) is 2.47. The number of nitrogens with zero attached hydrogens (tertiary/aromatic N) is 3. The van der Waals surface area contributed by atoms with Crippen LogP contribution in [0.15, 0.2) is 67.8 Å². The molecular weight excluding hydrogens is 417 g/mol. The highest BCUT2D eigenvalue weighted by Crippen LogP contribution is 2.35. The lowest BCUT2D eigenvalue weighted by Gasteiger charge is -2.30. The van der Waals surface area contributed by atoms with E-state index in [1.54, 1.807) is 17.3 Å². The van der Waals surface area contributed by atoms with Crippen molar-refractivity contribution in [1.82, 2.24) is 14.9 Å². The fourth-order valence-corrected chi connectivity index (χ4v) is 3.81. The lowest BCUT2D eigenvalue weighted by molar-refractivity contribution is -0.137. The molecule has 0 atom stereocenters. The third-order valence-corrected chi connectivity index (χ3v) is 5.46. The van der Waals surface area contributed by atoms with E-state index in [0.717, 1.165) is 40.1 Å². The number of rotatable bonds is 5. The van der Waals surface area contributed by atoms with Crippen LogP contribution in [0.4, 0.5) is 18.9 Å². The Labute approximate surface area is 183 Å². The Kier molecular flexibility index (Phi) is 5.94. The van der Waals surface area contributed by atoms with E-state index in [2.05, 4.69) is 21.9 Å². The number of alkyl halides is 3. The van der Waals surface area contributed by atoms with E-state index < -0.39 is 11.7 Å². The van der Waals surface area contributed by atoms with E-state index in [0.29, 0.717) is 31.6 Å². The van der Waals surface area contributed by atoms with Crippen molar-refractivity contribution in [3.05, 3.63) is 90.0 Å². The summed E-state index contributed by atoms with van der Waals surface area (Å²) >= 11 is 0. The van der Waals surface area contributed by atoms with Crippen molar-refractivity contribution in [3.8, 4) is 11.1 Å². The second-order valence-electron chi connectivity index (χ2n) is 7.55. The van der Waals surface area contributed by atoms with Gasteiger partial charge in [-0.15, -0.1) is 0 Å². The minimum Gasteiger partial charge on any atom is -0.381 e. The Hall–Kier alpha value is -3.68. The van der Waals surface area contributed by atoms with Crippen LogP contribution >= 0.6 is 0 Å². The highest BCUT2D eigenvalue weighted by molar-refractivity contribution is 5.87. The molecule has 0 spiro atoms. The molecular formula is C24H21F3N4O. The van der Waals surface area contributed by atoms with Crippen molar-refractivity contribution in [2.45, 2.75) is 25.7 Å². The highest BCUT2D eigenvalue weighted by atomic mass is 19.4. The van der Waals surface area contributed by atoms with Crippen LogP contribution in [-0.4, -0.2) is 27.3 Å². The average molecular weight is 438 g/mol. The molecule has 1 amide bonds. The summed E-state index contributed by atoms with van der Waals surface area (Å²) in [5.41, 5.74) is 4.58. The van der Waals surface area contributed by atoms with E-state index >= 15 is 0 Å². The fraction of sp³-hybridized carbons (Fsp3) is 0.208. The van der Waals surface area contributed by atoms with Gasteiger partial charge in [0.15, 0.2) is 0 Å². The number of carbonyl (C=O) groups excluding carboxylic acids is 1. The summed E-state index contributed by atoms with van der Waals surface area (Å²) < 4.78 is 38.9. The summed E-state index contributed by atoms with van der Waals surface area (Å²) in [6.45, 7) is 5.04. The number of anilines is 1. The summed E-state index contributed by atoms with van der Waals surface area (Å²) in [7, 11) is 0. The van der Waals surface area contributed by atoms with Gasteiger partial charge >= 0.3 is 6.18 Å². The second kappa shape index (κ2) is 8.82. The van der Waals surface area contributed by atoms with Gasteiger partial charge < -0.3 is 10.2 Å². The van der Waals surface area contributed by atoms with Crippen molar-refractivity contribution in [3.63, 3.8) is 0 Å². The minimum atomic E-state index is -4.38. The van der Waals surface area contributed by atoms with Crippen LogP contribution in [-0.2, 0) is 30.5 Å². The van der Waals surface area contributed by atoms with E-state index in [1.807, 2.05) is 12.1 Å². The normalized spacial score (nSPS) is 13.4. The number of amides is 1. The molecule has 8 heteroatoms. The summed E-state index contributed by atoms with van der Waals surface area (Å²) in [5.74, 6) is -0.147. The maximum Gasteiger partial charge on any atom is 0.416 e. The first-order valence-corrected chi connectivity index (χ1v) is 10.1. The van der Waals surface area contributed by atoms with E-state index in [4.69, 9.17) is 0 Å². The van der Waals surface area contributed by atoms with Crippen LogP contribution in [0.2, 0.25) is 0 Å². The number of hydrogen-bond acceptors (Lipinski definition) is 4. The quantitative estimate of drug-likeness (QED) is 0.579. The predicted octanol–water partition coefficient (Wildman–Crippen LogP) is 4.85. The van der Waals surface area contributed by atoms with Gasteiger partial charge in [0.25, 0.3) is 0 Å². The molecule has 0 saturated carbocycles. The molecule has 0 fully saturated rings. The van der Waals surface area contributed by atoms with Crippen molar-refractivity contribution >= 4 is 11.6 Å². The molecule has 1 aliphatic rings. The Morgan fingerprint density at radius 2 is 1.84 bits per heavy atom. The van der Waals surface area contributed by atoms with Crippen molar-refractivity contribution in [1.29, 1.82) is 0 Å². The molecule has 0 bridgehead atoms. The highest BCUT2D eigenvalue weighted by Gasteiger charge is 2.30. The molecule has 5 nitrogen and oxygen atoms in total. The van der Waals surface area contributed by atoms with E-state index in [-0.39, 0.29) is 5.91 Å². The zero-order valence-electron chi connectivity index (χ0n) is 17.2. The third-order valence-electron chi connectivity index (χ3n) is 5.46. The minimum absolute atomic E-state index is 0.147. The van der Waals surface area contributed by atoms with Gasteiger partial charge in [-0.1, -0.05) is 18.7 Å². The first-order valence-electron chi connectivity index (χ1n) is 10.1. The Morgan fingerprint density at radius 1 is 1.12 bits per heavy atom. The van der Waals surface area contributed by atoms with Gasteiger partial charge in [0.1, 0.15) is 6.33 Å². The number of fused-ring (bicyclic) bond motifs is 1. The monoisotopic (exact) mass is 438 g/mol. The lowest BCUT2D eigenvalue weighted by atomic mass is 9.92. The Balaban J connectivity index is 1.70. The number of nitrogens with one attached hydrogen (secondary N) is 1. The Morgan fingerprint density at radius 3 is 2.50 bits per heavy atom. The molecule has 164 valence electrons. The van der Waals surface area contributed by atoms with Gasteiger partial charge in [-0.2, -0.15) is 13.2 Å². The first-order chi connectivity index (χ1) is 15.3. The largest absolute Gasteiger partial charge is 0.416 e. The SMILES string of the molecule is C=CC(=O)N1CCc2c(cc(-c3ccc(C(F)(F)F)cc3)cc2NCc2cncnc2)C1. The lowest BCUT2D eigenvalue weighted by Crippen LogP contribution is -2.35. The molecule has 0 saturated heterocycles. The number of aromatic nitrogens is 2. The molecule has 0 aliphatic carbocycles. The fourth-order valence-electron chi connectivity index (χ4n) is 3.81. The summed E-state index contributed by atoms with van der Waals surface area (Å²) in [5, 5.41) is 3.41. The van der Waals surface area contributed by atoms with Gasteiger partial charge in [-0.3, -0.25) is 4.79 Å². The molecule has 2 heterocycles. The van der Waals surface area contributed by atoms with Crippen LogP contribution < -0.4 is 5.32 Å². The molecule has 1 aromatic heterocycles. The van der Waals surface area contributed by atoms with Gasteiger partial charge in [-0.05, 0) is 59.0 Å². The third kappa shape index (κ3) is 4.64. The van der Waals surface area contributed by atoms with Gasteiger partial charge in [-0.25, -0.2) is 9.97 Å². The van der Waals surface area contributed by atoms with Gasteiger partial charge in [0.05, 0.1) is 5.56 Å². The van der Waals surface area contributed by atoms with Crippen LogP contribution in [0, 0.1) is 0 Å². The Bertz CT molecular complexity index is 1130. The van der Waals surface area contributed by atoms with Gasteiger partial charge in [0, 0.05) is 43.3 Å². The van der Waals surface area contributed by atoms with Gasteiger partial charge in [0.2, 0.25) is 5.91 Å². The standard InChI is InChI=1S/C24H21F3N4O/c1-2-23(32)31-8-7-21-19(14-31)9-18(17-3-5-20(6-4-17)24(25,26)27)10-22(21)30-13-16-11-28-15-29-12-16/h2-6,9-12,15,30H,1,7-8,13-14H2. The molecule has 1 N–H and O–H groups in total. The van der Waals surface area contributed by atoms with Crippen LogP contribution in [0.3, 0.4) is 0 Å². The topological polar surface area (TPSA) is 58.1 Å². The van der Waals surface area contributed by atoms with Crippen LogP contribution in [0.1, 0.15) is 22.3 Å². The first kappa shape index (κ1) is 21.5. The molecule has 32 heavy (non-hydrogen) atoms. The molecule has 4 rings (SSSR count). The van der Waals surface area contributed by atoms with E-state index in [1.165, 1.54) is 24.5 Å². The average Bonchev–Trinajstić information content (AvgIpc) is 2.81. The van der Waals surface area contributed by atoms with Crippen LogP contribution in [0.25, 0.3) is 11.1 Å². The van der Waals surface area contributed by atoms with Crippen molar-refractivity contribution in [2.75, 3.05) is 11.9 Å². The second-order valence-corrected chi connectivity index (χ2v) is 7.55. The maximum absolute atomic E-state index is 13.0. The number of hydrogen-bond donors (Lipinski definition) is 1. The molecule has 2 aromatic carbocycles. The van der Waals surface area contributed by atoms with E-state index in [9.17, 15) is 18.0 Å².